The van der Waals surface area contributed by atoms with Crippen LogP contribution >= 0.6 is 0 Å². The number of carbonyl (C=O) groups excluding carboxylic acids is 1. The molecule has 6 nitrogen and oxygen atoms in total. The average molecular weight is 319 g/mol. The van der Waals surface area contributed by atoms with Crippen LogP contribution in [-0.4, -0.2) is 9.99 Å². The highest BCUT2D eigenvalue weighted by molar-refractivity contribution is 7.79. The molecule has 22 heavy (non-hydrogen) atoms. The number of hydrogen-bond acceptors (Lipinski definition) is 6. The fraction of sp³-hybridized carbons (Fsp3) is 0.133. The van der Waals surface area contributed by atoms with Crippen molar-refractivity contribution >= 4 is 16.9 Å². The molecule has 2 atom stereocenters. The molecule has 0 aliphatic carbocycles. The van der Waals surface area contributed by atoms with Gasteiger partial charge in [-0.25, -0.2) is 4.21 Å². The zero-order chi connectivity index (χ0) is 15.5. The van der Waals surface area contributed by atoms with Gasteiger partial charge in [-0.1, -0.05) is 30.3 Å². The summed E-state index contributed by atoms with van der Waals surface area (Å²) < 4.78 is 27.6. The Bertz CT molecular complexity index is 724. The van der Waals surface area contributed by atoms with E-state index in [0.717, 1.165) is 5.56 Å². The van der Waals surface area contributed by atoms with Gasteiger partial charge < -0.3 is 19.1 Å². The minimum Gasteiger partial charge on any atom is -0.465 e. The summed E-state index contributed by atoms with van der Waals surface area (Å²) in [6, 6.07) is 12.4. The van der Waals surface area contributed by atoms with Gasteiger partial charge in [0.1, 0.15) is 0 Å². The second-order valence-corrected chi connectivity index (χ2v) is 5.65. The minimum absolute atomic E-state index is 0.149. The Hall–Kier alpha value is -2.54. The number of carbonyl (C=O) groups is 1. The number of ketones is 1. The van der Waals surface area contributed by atoms with Gasteiger partial charge in [-0.05, 0) is 17.7 Å². The van der Waals surface area contributed by atoms with E-state index in [9.17, 15) is 9.00 Å². The first-order valence-electron chi connectivity index (χ1n) is 6.50. The van der Waals surface area contributed by atoms with E-state index >= 15 is 0 Å². The number of Topliss-reactive ketones (excluding diaryl/α,β-unsaturated/α-hetero) is 1. The smallest absolute Gasteiger partial charge is 0.252 e. The molecule has 1 aliphatic heterocycles. The van der Waals surface area contributed by atoms with E-state index in [1.807, 2.05) is 30.3 Å². The van der Waals surface area contributed by atoms with E-state index in [-0.39, 0.29) is 17.4 Å². The first-order valence-corrected chi connectivity index (χ1v) is 7.74. The molecule has 0 saturated heterocycles. The molecule has 0 bridgehead atoms. The van der Waals surface area contributed by atoms with Crippen LogP contribution in [0.5, 0.6) is 0 Å². The van der Waals surface area contributed by atoms with Crippen molar-refractivity contribution in [1.29, 1.82) is 0 Å². The number of rotatable bonds is 5. The third-order valence-corrected chi connectivity index (χ3v) is 3.96. The van der Waals surface area contributed by atoms with E-state index in [1.165, 1.54) is 6.26 Å². The fourth-order valence-corrected chi connectivity index (χ4v) is 2.89. The van der Waals surface area contributed by atoms with Gasteiger partial charge in [0.2, 0.25) is 28.8 Å². The summed E-state index contributed by atoms with van der Waals surface area (Å²) >= 11 is -1.73. The number of nitrogens with two attached hydrogens (primary N) is 1. The van der Waals surface area contributed by atoms with Crippen LogP contribution in [0.4, 0.5) is 0 Å². The lowest BCUT2D eigenvalue weighted by atomic mass is 10.2. The first-order chi connectivity index (χ1) is 10.6. The Labute approximate surface area is 129 Å². The van der Waals surface area contributed by atoms with E-state index < -0.39 is 23.0 Å². The van der Waals surface area contributed by atoms with Crippen LogP contribution < -0.4 is 5.73 Å². The highest BCUT2D eigenvalue weighted by Gasteiger charge is 2.39. The van der Waals surface area contributed by atoms with E-state index in [2.05, 4.69) is 0 Å². The molecule has 0 amide bonds. The zero-order valence-electron chi connectivity index (χ0n) is 11.4. The third kappa shape index (κ3) is 2.89. The molecule has 1 aromatic carbocycles. The van der Waals surface area contributed by atoms with Crippen molar-refractivity contribution in [1.82, 2.24) is 0 Å². The molecule has 7 heteroatoms. The standard InChI is InChI=1S/C15H13NO5S/c16-15-14(12(17)13(20-15)11-7-4-8-19-11)21-22(18)9-10-5-2-1-3-6-10/h1-8,13H,9,16H2. The fourth-order valence-electron chi connectivity index (χ4n) is 2.02. The maximum Gasteiger partial charge on any atom is 0.252 e. The highest BCUT2D eigenvalue weighted by atomic mass is 32.2. The van der Waals surface area contributed by atoms with Crippen LogP contribution in [0.2, 0.25) is 0 Å². The van der Waals surface area contributed by atoms with Gasteiger partial charge in [-0.3, -0.25) is 4.79 Å². The predicted octanol–water partition coefficient (Wildman–Crippen LogP) is 1.93. The van der Waals surface area contributed by atoms with Crippen LogP contribution in [0, 0.1) is 0 Å². The summed E-state index contributed by atoms with van der Waals surface area (Å²) in [4.78, 5) is 12.2. The molecule has 0 fully saturated rings. The van der Waals surface area contributed by atoms with Crippen molar-refractivity contribution in [2.45, 2.75) is 11.9 Å². The Morgan fingerprint density at radius 2 is 1.95 bits per heavy atom. The van der Waals surface area contributed by atoms with Crippen molar-refractivity contribution in [2.75, 3.05) is 0 Å². The first kappa shape index (κ1) is 14.4. The van der Waals surface area contributed by atoms with Gasteiger partial charge in [0.15, 0.2) is 5.76 Å². The van der Waals surface area contributed by atoms with Crippen LogP contribution in [0.1, 0.15) is 17.4 Å². The minimum atomic E-state index is -1.73. The summed E-state index contributed by atoms with van der Waals surface area (Å²) in [6.07, 6.45) is 0.438. The normalized spacial score (nSPS) is 19.1. The maximum atomic E-state index is 12.2. The second kappa shape index (κ2) is 6.07. The second-order valence-electron chi connectivity index (χ2n) is 4.59. The summed E-state index contributed by atoms with van der Waals surface area (Å²) in [5, 5.41) is 0. The van der Waals surface area contributed by atoms with Crippen LogP contribution in [-0.2, 0) is 30.5 Å². The Kier molecular flexibility index (Phi) is 3.97. The molecule has 0 spiro atoms. The molecule has 2 unspecified atom stereocenters. The Balaban J connectivity index is 1.68. The van der Waals surface area contributed by atoms with Crippen molar-refractivity contribution in [3.8, 4) is 0 Å². The van der Waals surface area contributed by atoms with Crippen molar-refractivity contribution in [2.24, 2.45) is 5.73 Å². The molecule has 3 rings (SSSR count). The summed E-state index contributed by atoms with van der Waals surface area (Å²) in [5.41, 5.74) is 6.47. The van der Waals surface area contributed by atoms with Crippen LogP contribution in [0.25, 0.3) is 0 Å². The summed E-state index contributed by atoms with van der Waals surface area (Å²) in [5.74, 6) is -0.450. The molecule has 1 aromatic heterocycles. The van der Waals surface area contributed by atoms with Crippen LogP contribution in [0.3, 0.4) is 0 Å². The topological polar surface area (TPSA) is 91.8 Å². The SMILES string of the molecule is NC1=C(OS(=O)Cc2ccccc2)C(=O)C(c2ccco2)O1. The van der Waals surface area contributed by atoms with Gasteiger partial charge in [0, 0.05) is 0 Å². The molecule has 2 heterocycles. The lowest BCUT2D eigenvalue weighted by molar-refractivity contribution is -0.123. The number of ether oxygens (including phenoxy) is 1. The van der Waals surface area contributed by atoms with Gasteiger partial charge in [0.25, 0.3) is 5.78 Å². The number of benzene rings is 1. The molecule has 2 N–H and O–H groups in total. The van der Waals surface area contributed by atoms with E-state index in [4.69, 9.17) is 19.1 Å². The number of hydrogen-bond donors (Lipinski definition) is 1. The Morgan fingerprint density at radius 3 is 2.64 bits per heavy atom. The van der Waals surface area contributed by atoms with Crippen molar-refractivity contribution < 1.29 is 22.3 Å². The molecule has 1 aliphatic rings. The maximum absolute atomic E-state index is 12.2. The molecular formula is C15H13NO5S. The molecule has 2 aromatic rings. The summed E-state index contributed by atoms with van der Waals surface area (Å²) in [7, 11) is 0. The average Bonchev–Trinajstić information content (AvgIpc) is 3.12. The van der Waals surface area contributed by atoms with Crippen molar-refractivity contribution in [3.63, 3.8) is 0 Å². The third-order valence-electron chi connectivity index (χ3n) is 3.04. The molecule has 0 radical (unpaired) electrons. The highest BCUT2D eigenvalue weighted by Crippen LogP contribution is 2.32. The quantitative estimate of drug-likeness (QED) is 0.905. The van der Waals surface area contributed by atoms with Gasteiger partial charge in [0.05, 0.1) is 12.0 Å². The van der Waals surface area contributed by atoms with Gasteiger partial charge in [-0.2, -0.15) is 0 Å². The van der Waals surface area contributed by atoms with Gasteiger partial charge in [-0.15, -0.1) is 0 Å². The predicted molar refractivity (Wildman–Crippen MR) is 78.1 cm³/mol. The zero-order valence-corrected chi connectivity index (χ0v) is 12.2. The van der Waals surface area contributed by atoms with E-state index in [1.54, 1.807) is 12.1 Å². The Morgan fingerprint density at radius 1 is 1.18 bits per heavy atom. The lowest BCUT2D eigenvalue weighted by Gasteiger charge is -2.05. The molecule has 114 valence electrons. The van der Waals surface area contributed by atoms with Crippen LogP contribution in [0.15, 0.2) is 64.8 Å². The van der Waals surface area contributed by atoms with Gasteiger partial charge >= 0.3 is 0 Å². The monoisotopic (exact) mass is 319 g/mol. The van der Waals surface area contributed by atoms with Crippen molar-refractivity contribution in [3.05, 3.63) is 71.7 Å². The summed E-state index contributed by atoms with van der Waals surface area (Å²) in [6.45, 7) is 0. The molecule has 0 saturated carbocycles. The molecular weight excluding hydrogens is 306 g/mol. The number of furan rings is 1. The van der Waals surface area contributed by atoms with E-state index in [0.29, 0.717) is 5.76 Å². The largest absolute Gasteiger partial charge is 0.465 e. The lowest BCUT2D eigenvalue weighted by Crippen LogP contribution is -2.12.